The van der Waals surface area contributed by atoms with E-state index in [1.807, 2.05) is 0 Å². The fraction of sp³-hybridized carbons (Fsp3) is 0.692. The van der Waals surface area contributed by atoms with Gasteiger partial charge in [0, 0.05) is 25.5 Å². The molecule has 1 amide bonds. The van der Waals surface area contributed by atoms with Gasteiger partial charge in [0.15, 0.2) is 5.69 Å². The van der Waals surface area contributed by atoms with Gasteiger partial charge in [-0.3, -0.25) is 4.79 Å². The third kappa shape index (κ3) is 6.93. The molecule has 108 valence electrons. The van der Waals surface area contributed by atoms with Gasteiger partial charge in [-0.1, -0.05) is 5.16 Å². The van der Waals surface area contributed by atoms with Gasteiger partial charge < -0.3 is 20.1 Å². The van der Waals surface area contributed by atoms with Crippen molar-refractivity contribution in [2.45, 2.75) is 19.8 Å². The van der Waals surface area contributed by atoms with Crippen LogP contribution in [-0.2, 0) is 0 Å². The molecule has 6 heteroatoms. The van der Waals surface area contributed by atoms with Gasteiger partial charge >= 0.3 is 0 Å². The summed E-state index contributed by atoms with van der Waals surface area (Å²) in [7, 11) is 4.34. The lowest BCUT2D eigenvalue weighted by atomic mass is 10.3. The Morgan fingerprint density at radius 2 is 2.16 bits per heavy atom. The first-order valence-electron chi connectivity index (χ1n) is 6.92. The van der Waals surface area contributed by atoms with Crippen molar-refractivity contribution in [3.63, 3.8) is 0 Å². The quantitative estimate of drug-likeness (QED) is 0.464. The molecule has 0 aliphatic carbocycles. The van der Waals surface area contributed by atoms with Crippen LogP contribution in [0.5, 0.6) is 0 Å². The van der Waals surface area contributed by atoms with E-state index in [-0.39, 0.29) is 5.91 Å². The van der Waals surface area contributed by atoms with Gasteiger partial charge in [0.05, 0.1) is 33.7 Å². The summed E-state index contributed by atoms with van der Waals surface area (Å²) in [6.45, 7) is 5.86. The van der Waals surface area contributed by atoms with Crippen molar-refractivity contribution >= 4 is 5.91 Å². The van der Waals surface area contributed by atoms with Crippen molar-refractivity contribution < 1.29 is 19.5 Å². The lowest BCUT2D eigenvalue weighted by Crippen LogP contribution is -3.06. The Morgan fingerprint density at radius 1 is 1.42 bits per heavy atom. The van der Waals surface area contributed by atoms with E-state index >= 15 is 0 Å². The third-order valence-electron chi connectivity index (χ3n) is 2.82. The highest BCUT2D eigenvalue weighted by atomic mass is 16.5. The van der Waals surface area contributed by atoms with Crippen molar-refractivity contribution in [3.05, 3.63) is 17.5 Å². The second-order valence-electron chi connectivity index (χ2n) is 5.11. The van der Waals surface area contributed by atoms with E-state index in [0.29, 0.717) is 18.0 Å². The highest BCUT2D eigenvalue weighted by Crippen LogP contribution is 2.00. The highest BCUT2D eigenvalue weighted by molar-refractivity contribution is 5.92. The minimum Gasteiger partial charge on any atom is -0.361 e. The molecule has 0 saturated carbocycles. The van der Waals surface area contributed by atoms with Crippen molar-refractivity contribution in [2.24, 2.45) is 0 Å². The van der Waals surface area contributed by atoms with Gasteiger partial charge in [-0.15, -0.1) is 0 Å². The van der Waals surface area contributed by atoms with Crippen LogP contribution < -0.4 is 15.5 Å². The molecular weight excluding hydrogens is 244 g/mol. The van der Waals surface area contributed by atoms with Gasteiger partial charge in [0.2, 0.25) is 0 Å². The molecule has 4 N–H and O–H groups in total. The van der Waals surface area contributed by atoms with Crippen molar-refractivity contribution in [1.29, 1.82) is 0 Å². The van der Waals surface area contributed by atoms with Crippen LogP contribution in [0.4, 0.5) is 0 Å². The first kappa shape index (κ1) is 15.7. The molecule has 0 radical (unpaired) electrons. The summed E-state index contributed by atoms with van der Waals surface area (Å²) in [6.07, 6.45) is 2.20. The first-order valence-corrected chi connectivity index (χ1v) is 6.92. The molecule has 0 aromatic carbocycles. The van der Waals surface area contributed by atoms with Crippen molar-refractivity contribution in [2.75, 3.05) is 40.3 Å². The number of quaternary nitrogens is 2. The SMILES string of the molecule is Cc1cc(C(=O)NCCC[NH2+]CCC[NH+](C)C)no1. The number of nitrogens with two attached hydrogens (primary N) is 1. The second kappa shape index (κ2) is 8.66. The van der Waals surface area contributed by atoms with Crippen LogP contribution >= 0.6 is 0 Å². The Kier molecular flexibility index (Phi) is 7.14. The van der Waals surface area contributed by atoms with E-state index < -0.39 is 0 Å². The molecule has 6 nitrogen and oxygen atoms in total. The van der Waals surface area contributed by atoms with E-state index in [4.69, 9.17) is 4.52 Å². The Bertz CT molecular complexity index is 376. The molecule has 0 bridgehead atoms. The summed E-state index contributed by atoms with van der Waals surface area (Å²) in [6, 6.07) is 1.64. The first-order chi connectivity index (χ1) is 9.09. The third-order valence-corrected chi connectivity index (χ3v) is 2.82. The molecule has 1 aromatic heterocycles. The molecule has 19 heavy (non-hydrogen) atoms. The zero-order valence-corrected chi connectivity index (χ0v) is 12.2. The summed E-state index contributed by atoms with van der Waals surface area (Å²) in [5, 5.41) is 8.81. The smallest absolute Gasteiger partial charge is 0.273 e. The molecule has 0 saturated heterocycles. The summed E-state index contributed by atoms with van der Waals surface area (Å²) in [4.78, 5) is 13.1. The van der Waals surface area contributed by atoms with E-state index in [9.17, 15) is 4.79 Å². The van der Waals surface area contributed by atoms with Crippen LogP contribution in [0.15, 0.2) is 10.6 Å². The normalized spacial score (nSPS) is 10.9. The van der Waals surface area contributed by atoms with E-state index in [0.717, 1.165) is 19.5 Å². The topological polar surface area (TPSA) is 76.2 Å². The lowest BCUT2D eigenvalue weighted by molar-refractivity contribution is -0.860. The Labute approximate surface area is 114 Å². The molecule has 1 aromatic rings. The standard InChI is InChI=1S/C13H24N4O2/c1-11-10-12(16-19-11)13(18)15-8-4-6-14-7-5-9-17(2)3/h10,14H,4-9H2,1-3H3,(H,15,18)/p+2. The van der Waals surface area contributed by atoms with Gasteiger partial charge in [0.25, 0.3) is 5.91 Å². The van der Waals surface area contributed by atoms with E-state index in [1.165, 1.54) is 17.9 Å². The number of rotatable bonds is 9. The minimum atomic E-state index is -0.159. The average Bonchev–Trinajstić information content (AvgIpc) is 2.78. The Hall–Kier alpha value is -1.40. The van der Waals surface area contributed by atoms with Crippen LogP contribution in [-0.4, -0.2) is 51.3 Å². The molecule has 0 spiro atoms. The predicted octanol–water partition coefficient (Wildman–Crippen LogP) is -1.80. The lowest BCUT2D eigenvalue weighted by Gasteiger charge is -2.06. The number of hydrogen-bond acceptors (Lipinski definition) is 3. The van der Waals surface area contributed by atoms with E-state index in [1.54, 1.807) is 13.0 Å². The van der Waals surface area contributed by atoms with Crippen molar-refractivity contribution in [1.82, 2.24) is 10.5 Å². The zero-order valence-electron chi connectivity index (χ0n) is 12.2. The van der Waals surface area contributed by atoms with Gasteiger partial charge in [-0.2, -0.15) is 0 Å². The van der Waals surface area contributed by atoms with Gasteiger partial charge in [-0.25, -0.2) is 0 Å². The Balaban J connectivity index is 1.98. The number of hydrogen-bond donors (Lipinski definition) is 3. The van der Waals surface area contributed by atoms with Crippen LogP contribution in [0.2, 0.25) is 0 Å². The maximum absolute atomic E-state index is 11.6. The minimum absolute atomic E-state index is 0.159. The number of aryl methyl sites for hydroxylation is 1. The number of nitrogens with one attached hydrogen (secondary N) is 2. The maximum Gasteiger partial charge on any atom is 0.273 e. The fourth-order valence-corrected chi connectivity index (χ4v) is 1.76. The number of carbonyl (C=O) groups excluding carboxylic acids is 1. The van der Waals surface area contributed by atoms with Gasteiger partial charge in [0.1, 0.15) is 5.76 Å². The van der Waals surface area contributed by atoms with Crippen LogP contribution in [0.1, 0.15) is 29.1 Å². The Morgan fingerprint density at radius 3 is 2.79 bits per heavy atom. The summed E-state index contributed by atoms with van der Waals surface area (Å²) in [5.41, 5.74) is 0.357. The van der Waals surface area contributed by atoms with Crippen molar-refractivity contribution in [3.8, 4) is 0 Å². The fourth-order valence-electron chi connectivity index (χ4n) is 1.76. The van der Waals surface area contributed by atoms with Crippen LogP contribution in [0.25, 0.3) is 0 Å². The molecule has 1 heterocycles. The number of aromatic nitrogens is 1. The summed E-state index contributed by atoms with van der Waals surface area (Å²) >= 11 is 0. The summed E-state index contributed by atoms with van der Waals surface area (Å²) in [5.74, 6) is 0.495. The molecule has 0 atom stereocenters. The largest absolute Gasteiger partial charge is 0.361 e. The number of carbonyl (C=O) groups is 1. The number of amides is 1. The average molecular weight is 270 g/mol. The molecule has 0 aliphatic rings. The number of nitrogens with zero attached hydrogens (tertiary/aromatic N) is 1. The van der Waals surface area contributed by atoms with Crippen LogP contribution in [0, 0.1) is 6.92 Å². The monoisotopic (exact) mass is 270 g/mol. The summed E-state index contributed by atoms with van der Waals surface area (Å²) < 4.78 is 4.86. The molecular formula is C13H26N4O2+2. The molecule has 0 fully saturated rings. The second-order valence-corrected chi connectivity index (χ2v) is 5.11. The molecule has 0 unspecified atom stereocenters. The van der Waals surface area contributed by atoms with E-state index in [2.05, 4.69) is 29.9 Å². The van der Waals surface area contributed by atoms with Crippen LogP contribution in [0.3, 0.4) is 0 Å². The molecule has 0 aliphatic heterocycles. The maximum atomic E-state index is 11.6. The zero-order chi connectivity index (χ0) is 14.1. The highest BCUT2D eigenvalue weighted by Gasteiger charge is 2.09. The van der Waals surface area contributed by atoms with Gasteiger partial charge in [-0.05, 0) is 6.92 Å². The predicted molar refractivity (Wildman–Crippen MR) is 72.1 cm³/mol. The molecule has 1 rings (SSSR count).